The highest BCUT2D eigenvalue weighted by molar-refractivity contribution is 9.10. The molecule has 3 heteroatoms. The number of hydrogen-bond donors (Lipinski definition) is 1. The number of benzene rings is 1. The Bertz CT molecular complexity index is 406. The van der Waals surface area contributed by atoms with Crippen molar-refractivity contribution < 1.29 is 4.74 Å². The minimum atomic E-state index is 0.324. The Labute approximate surface area is 131 Å². The van der Waals surface area contributed by atoms with Gasteiger partial charge < -0.3 is 10.1 Å². The van der Waals surface area contributed by atoms with Gasteiger partial charge in [-0.15, -0.1) is 0 Å². The zero-order chi connectivity index (χ0) is 14.6. The van der Waals surface area contributed by atoms with E-state index in [-0.39, 0.29) is 0 Å². The molecule has 2 nitrogen and oxygen atoms in total. The van der Waals surface area contributed by atoms with Gasteiger partial charge in [0.15, 0.2) is 0 Å². The Morgan fingerprint density at radius 1 is 1.25 bits per heavy atom. The summed E-state index contributed by atoms with van der Waals surface area (Å²) in [6.45, 7) is 8.87. The molecule has 20 heavy (non-hydrogen) atoms. The fraction of sp³-hybridized carbons (Fsp3) is 0.647. The molecule has 0 saturated heterocycles. The van der Waals surface area contributed by atoms with Crippen LogP contribution in [0.4, 0.5) is 0 Å². The lowest BCUT2D eigenvalue weighted by Gasteiger charge is -2.31. The van der Waals surface area contributed by atoms with Gasteiger partial charge in [-0.25, -0.2) is 0 Å². The van der Waals surface area contributed by atoms with Gasteiger partial charge in [-0.2, -0.15) is 0 Å². The molecule has 0 aromatic heterocycles. The van der Waals surface area contributed by atoms with Crippen molar-refractivity contribution in [3.8, 4) is 5.75 Å². The molecule has 2 rings (SSSR count). The van der Waals surface area contributed by atoms with E-state index >= 15 is 0 Å². The Morgan fingerprint density at radius 2 is 1.90 bits per heavy atom. The SMILES string of the molecule is CC(C)(C)C(CCOc1ccc(Br)cc1)CNC1CC1. The molecule has 1 aromatic carbocycles. The predicted octanol–water partition coefficient (Wildman–Crippen LogP) is 4.63. The van der Waals surface area contributed by atoms with Gasteiger partial charge in [0.05, 0.1) is 6.61 Å². The first-order valence-electron chi connectivity index (χ1n) is 7.57. The summed E-state index contributed by atoms with van der Waals surface area (Å²) in [6, 6.07) is 8.85. The summed E-state index contributed by atoms with van der Waals surface area (Å²) in [5, 5.41) is 3.66. The van der Waals surface area contributed by atoms with Crippen molar-refractivity contribution in [1.29, 1.82) is 0 Å². The predicted molar refractivity (Wildman–Crippen MR) is 88.2 cm³/mol. The molecule has 1 aliphatic rings. The molecule has 0 heterocycles. The van der Waals surface area contributed by atoms with Crippen LogP contribution in [0, 0.1) is 11.3 Å². The minimum absolute atomic E-state index is 0.324. The van der Waals surface area contributed by atoms with Crippen LogP contribution in [0.5, 0.6) is 5.75 Å². The topological polar surface area (TPSA) is 21.3 Å². The molecular weight excluding hydrogens is 314 g/mol. The van der Waals surface area contributed by atoms with Crippen molar-refractivity contribution in [2.24, 2.45) is 11.3 Å². The van der Waals surface area contributed by atoms with Crippen molar-refractivity contribution in [3.05, 3.63) is 28.7 Å². The van der Waals surface area contributed by atoms with Crippen molar-refractivity contribution >= 4 is 15.9 Å². The molecule has 0 bridgehead atoms. The number of halogens is 1. The monoisotopic (exact) mass is 339 g/mol. The Balaban J connectivity index is 1.76. The average molecular weight is 340 g/mol. The summed E-state index contributed by atoms with van der Waals surface area (Å²) < 4.78 is 6.95. The zero-order valence-corrected chi connectivity index (χ0v) is 14.4. The number of hydrogen-bond acceptors (Lipinski definition) is 2. The second-order valence-corrected chi connectivity index (χ2v) is 7.75. The lowest BCUT2D eigenvalue weighted by molar-refractivity contribution is 0.179. The van der Waals surface area contributed by atoms with Crippen LogP contribution in [-0.4, -0.2) is 19.2 Å². The van der Waals surface area contributed by atoms with Crippen LogP contribution in [-0.2, 0) is 0 Å². The van der Waals surface area contributed by atoms with Crippen LogP contribution in [0.15, 0.2) is 28.7 Å². The highest BCUT2D eigenvalue weighted by Crippen LogP contribution is 2.30. The summed E-state index contributed by atoms with van der Waals surface area (Å²) in [7, 11) is 0. The van der Waals surface area contributed by atoms with Crippen LogP contribution in [0.3, 0.4) is 0 Å². The van der Waals surface area contributed by atoms with Crippen molar-refractivity contribution in [3.63, 3.8) is 0 Å². The third-order valence-electron chi connectivity index (χ3n) is 4.00. The maximum Gasteiger partial charge on any atom is 0.119 e. The van der Waals surface area contributed by atoms with E-state index in [0.717, 1.165) is 35.8 Å². The van der Waals surface area contributed by atoms with E-state index < -0.39 is 0 Å². The zero-order valence-electron chi connectivity index (χ0n) is 12.8. The quantitative estimate of drug-likeness (QED) is 0.781. The van der Waals surface area contributed by atoms with E-state index in [2.05, 4.69) is 42.0 Å². The Kier molecular flexibility index (Phi) is 5.50. The molecule has 1 saturated carbocycles. The standard InChI is InChI=1S/C17H26BrNO/c1-17(2,3)13(12-19-15-6-7-15)10-11-20-16-8-4-14(18)5-9-16/h4-5,8-9,13,15,19H,6-7,10-12H2,1-3H3. The van der Waals surface area contributed by atoms with E-state index in [4.69, 9.17) is 4.74 Å². The van der Waals surface area contributed by atoms with Crippen LogP contribution < -0.4 is 10.1 Å². The van der Waals surface area contributed by atoms with Gasteiger partial charge in [0.1, 0.15) is 5.75 Å². The van der Waals surface area contributed by atoms with E-state index in [0.29, 0.717) is 11.3 Å². The molecule has 0 radical (unpaired) electrons. The van der Waals surface area contributed by atoms with Gasteiger partial charge in [0.2, 0.25) is 0 Å². The Morgan fingerprint density at radius 3 is 2.45 bits per heavy atom. The largest absolute Gasteiger partial charge is 0.494 e. The van der Waals surface area contributed by atoms with Crippen LogP contribution >= 0.6 is 15.9 Å². The molecule has 1 aliphatic carbocycles. The molecular formula is C17H26BrNO. The van der Waals surface area contributed by atoms with Gasteiger partial charge in [-0.3, -0.25) is 0 Å². The van der Waals surface area contributed by atoms with Crippen molar-refractivity contribution in [2.45, 2.75) is 46.1 Å². The maximum atomic E-state index is 5.86. The van der Waals surface area contributed by atoms with Crippen molar-refractivity contribution in [2.75, 3.05) is 13.2 Å². The molecule has 0 aliphatic heterocycles. The second kappa shape index (κ2) is 6.95. The van der Waals surface area contributed by atoms with Crippen LogP contribution in [0.2, 0.25) is 0 Å². The van der Waals surface area contributed by atoms with E-state index in [9.17, 15) is 0 Å². The lowest BCUT2D eigenvalue weighted by atomic mass is 9.79. The van der Waals surface area contributed by atoms with Gasteiger partial charge in [0.25, 0.3) is 0 Å². The fourth-order valence-electron chi connectivity index (χ4n) is 2.29. The highest BCUT2D eigenvalue weighted by Gasteiger charge is 2.27. The summed E-state index contributed by atoms with van der Waals surface area (Å²) in [5.41, 5.74) is 0.324. The minimum Gasteiger partial charge on any atom is -0.494 e. The molecule has 0 amide bonds. The van der Waals surface area contributed by atoms with Gasteiger partial charge >= 0.3 is 0 Å². The van der Waals surface area contributed by atoms with Gasteiger partial charge in [-0.05, 0) is 61.4 Å². The summed E-state index contributed by atoms with van der Waals surface area (Å²) >= 11 is 3.44. The Hall–Kier alpha value is -0.540. The molecule has 0 spiro atoms. The van der Waals surface area contributed by atoms with E-state index in [1.807, 2.05) is 24.3 Å². The first kappa shape index (κ1) is 15.8. The highest BCUT2D eigenvalue weighted by atomic mass is 79.9. The van der Waals surface area contributed by atoms with Crippen LogP contribution in [0.25, 0.3) is 0 Å². The first-order chi connectivity index (χ1) is 9.45. The summed E-state index contributed by atoms with van der Waals surface area (Å²) in [4.78, 5) is 0. The number of rotatable bonds is 7. The first-order valence-corrected chi connectivity index (χ1v) is 8.36. The molecule has 1 fully saturated rings. The summed E-state index contributed by atoms with van der Waals surface area (Å²) in [5.74, 6) is 1.61. The maximum absolute atomic E-state index is 5.86. The second-order valence-electron chi connectivity index (χ2n) is 6.84. The van der Waals surface area contributed by atoms with Crippen LogP contribution in [0.1, 0.15) is 40.0 Å². The average Bonchev–Trinajstić information content (AvgIpc) is 3.18. The van der Waals surface area contributed by atoms with Gasteiger partial charge in [-0.1, -0.05) is 36.7 Å². The third-order valence-corrected chi connectivity index (χ3v) is 4.53. The molecule has 1 unspecified atom stereocenters. The molecule has 1 atom stereocenters. The molecule has 1 aromatic rings. The normalized spacial score (nSPS) is 17.0. The van der Waals surface area contributed by atoms with Gasteiger partial charge in [0, 0.05) is 10.5 Å². The van der Waals surface area contributed by atoms with E-state index in [1.54, 1.807) is 0 Å². The third kappa shape index (κ3) is 5.45. The molecule has 1 N–H and O–H groups in total. The smallest absolute Gasteiger partial charge is 0.119 e. The van der Waals surface area contributed by atoms with Crippen molar-refractivity contribution in [1.82, 2.24) is 5.32 Å². The number of ether oxygens (including phenoxy) is 1. The molecule has 112 valence electrons. The lowest BCUT2D eigenvalue weighted by Crippen LogP contribution is -2.34. The summed E-state index contributed by atoms with van der Waals surface area (Å²) in [6.07, 6.45) is 3.80. The van der Waals surface area contributed by atoms with E-state index in [1.165, 1.54) is 12.8 Å². The fourth-order valence-corrected chi connectivity index (χ4v) is 2.55. The number of nitrogens with one attached hydrogen (secondary N) is 1.